The van der Waals surface area contributed by atoms with Crippen LogP contribution in [0.25, 0.3) is 0 Å². The number of fused-ring (bicyclic) bond motifs is 1. The van der Waals surface area contributed by atoms with Crippen LogP contribution in [0.2, 0.25) is 0 Å². The lowest BCUT2D eigenvalue weighted by Crippen LogP contribution is -2.24. The fourth-order valence-electron chi connectivity index (χ4n) is 2.70. The van der Waals surface area contributed by atoms with Gasteiger partial charge in [-0.2, -0.15) is 9.37 Å². The van der Waals surface area contributed by atoms with E-state index >= 15 is 0 Å². The zero-order valence-corrected chi connectivity index (χ0v) is 12.3. The van der Waals surface area contributed by atoms with E-state index < -0.39 is 11.9 Å². The molecule has 5 nitrogen and oxygen atoms in total. The summed E-state index contributed by atoms with van der Waals surface area (Å²) in [5, 5.41) is 9.29. The highest BCUT2D eigenvalue weighted by atomic mass is 19.1. The summed E-state index contributed by atoms with van der Waals surface area (Å²) < 4.78 is 19.5. The predicted molar refractivity (Wildman–Crippen MR) is 81.2 cm³/mol. The summed E-state index contributed by atoms with van der Waals surface area (Å²) in [5.74, 6) is -1.52. The molecule has 1 unspecified atom stereocenters. The van der Waals surface area contributed by atoms with E-state index in [0.717, 1.165) is 0 Å². The van der Waals surface area contributed by atoms with Crippen LogP contribution in [0.15, 0.2) is 37.1 Å². The molecule has 3 rings (SSSR count). The van der Waals surface area contributed by atoms with Crippen molar-refractivity contribution in [3.8, 4) is 11.6 Å². The van der Waals surface area contributed by atoms with Gasteiger partial charge in [0.15, 0.2) is 5.78 Å². The summed E-state index contributed by atoms with van der Waals surface area (Å²) >= 11 is 0. The second kappa shape index (κ2) is 6.16. The normalized spacial score (nSPS) is 16.7. The van der Waals surface area contributed by atoms with Crippen molar-refractivity contribution in [2.24, 2.45) is 0 Å². The monoisotopic (exact) mass is 314 g/mol. The van der Waals surface area contributed by atoms with Crippen LogP contribution in [-0.4, -0.2) is 27.5 Å². The number of rotatable bonds is 4. The van der Waals surface area contributed by atoms with E-state index in [9.17, 15) is 14.3 Å². The second-order valence-corrected chi connectivity index (χ2v) is 5.28. The minimum absolute atomic E-state index is 0.00192. The molecule has 0 saturated heterocycles. The van der Waals surface area contributed by atoms with E-state index in [1.807, 2.05) is 0 Å². The third-order valence-corrected chi connectivity index (χ3v) is 3.78. The van der Waals surface area contributed by atoms with Crippen LogP contribution in [0, 0.1) is 5.95 Å². The van der Waals surface area contributed by atoms with Gasteiger partial charge in [-0.15, -0.1) is 0 Å². The van der Waals surface area contributed by atoms with E-state index in [1.54, 1.807) is 12.1 Å². The first kappa shape index (κ1) is 15.1. The van der Waals surface area contributed by atoms with Crippen molar-refractivity contribution in [3.05, 3.63) is 59.8 Å². The van der Waals surface area contributed by atoms with Crippen molar-refractivity contribution in [1.82, 2.24) is 9.97 Å². The number of ketones is 1. The smallest absolute Gasteiger partial charge is 0.227 e. The van der Waals surface area contributed by atoms with Gasteiger partial charge in [-0.1, -0.05) is 12.7 Å². The highest BCUT2D eigenvalue weighted by Gasteiger charge is 2.33. The van der Waals surface area contributed by atoms with Crippen LogP contribution in [-0.2, 0) is 6.42 Å². The Balaban J connectivity index is 1.93. The number of carbonyl (C=O) groups excluding carboxylic acids is 1. The molecule has 1 aliphatic carbocycles. The highest BCUT2D eigenvalue weighted by molar-refractivity contribution is 6.03. The fraction of sp³-hybridized carbons (Fsp3) is 0.235. The van der Waals surface area contributed by atoms with E-state index in [4.69, 9.17) is 4.74 Å². The Bertz CT molecular complexity index is 759. The van der Waals surface area contributed by atoms with Gasteiger partial charge in [-0.05, 0) is 30.5 Å². The van der Waals surface area contributed by atoms with Crippen molar-refractivity contribution >= 4 is 5.78 Å². The van der Waals surface area contributed by atoms with E-state index in [1.165, 1.54) is 18.3 Å². The molecule has 0 fully saturated rings. The zero-order chi connectivity index (χ0) is 16.4. The summed E-state index contributed by atoms with van der Waals surface area (Å²) in [6, 6.07) is 4.64. The molecular formula is C17H15FN2O3. The first-order valence-corrected chi connectivity index (χ1v) is 7.22. The van der Waals surface area contributed by atoms with Crippen molar-refractivity contribution in [2.75, 3.05) is 6.61 Å². The zero-order valence-electron chi connectivity index (χ0n) is 12.3. The molecule has 0 radical (unpaired) electrons. The minimum atomic E-state index is -0.824. The van der Waals surface area contributed by atoms with E-state index in [0.29, 0.717) is 24.1 Å². The molecule has 0 saturated carbocycles. The number of halogens is 1. The van der Waals surface area contributed by atoms with Crippen LogP contribution in [0.4, 0.5) is 4.39 Å². The van der Waals surface area contributed by atoms with Gasteiger partial charge in [0.25, 0.3) is 0 Å². The van der Waals surface area contributed by atoms with Gasteiger partial charge in [0.1, 0.15) is 12.4 Å². The van der Waals surface area contributed by atoms with Gasteiger partial charge in [0.05, 0.1) is 23.4 Å². The first-order chi connectivity index (χ1) is 11.1. The van der Waals surface area contributed by atoms with Gasteiger partial charge < -0.3 is 9.84 Å². The maximum atomic E-state index is 14.3. The highest BCUT2D eigenvalue weighted by Crippen LogP contribution is 2.34. The summed E-state index contributed by atoms with van der Waals surface area (Å²) in [6.07, 6.45) is 3.86. The summed E-state index contributed by atoms with van der Waals surface area (Å²) in [4.78, 5) is 20.4. The van der Waals surface area contributed by atoms with Crippen molar-refractivity contribution in [1.29, 1.82) is 0 Å². The lowest BCUT2D eigenvalue weighted by molar-refractivity contribution is 0.0938. The number of Topliss-reactive ketones (excluding diaryl/α,β-unsaturated/α-hetero) is 1. The molecule has 0 bridgehead atoms. The average molecular weight is 314 g/mol. The molecule has 6 heteroatoms. The van der Waals surface area contributed by atoms with Gasteiger partial charge in [-0.25, -0.2) is 0 Å². The number of aromatic nitrogens is 2. The minimum Gasteiger partial charge on any atom is -0.506 e. The van der Waals surface area contributed by atoms with Crippen LogP contribution >= 0.6 is 0 Å². The average Bonchev–Trinajstić information content (AvgIpc) is 2.54. The first-order valence-electron chi connectivity index (χ1n) is 7.22. The van der Waals surface area contributed by atoms with Gasteiger partial charge in [0.2, 0.25) is 11.8 Å². The SMILES string of the molecule is C=CCOc1cc2c(c(F)n1)C(=O)C(c1ccc(O)cn1)CC2. The predicted octanol–water partition coefficient (Wildman–Crippen LogP) is 2.80. The molecular weight excluding hydrogens is 299 g/mol. The Labute approximate surface area is 132 Å². The number of aromatic hydroxyl groups is 1. The van der Waals surface area contributed by atoms with Crippen molar-refractivity contribution in [3.63, 3.8) is 0 Å². The molecule has 23 heavy (non-hydrogen) atoms. The van der Waals surface area contributed by atoms with E-state index in [-0.39, 0.29) is 29.6 Å². The number of ether oxygens (including phenoxy) is 1. The lowest BCUT2D eigenvalue weighted by atomic mass is 9.81. The Morgan fingerprint density at radius 3 is 3.00 bits per heavy atom. The molecule has 1 atom stereocenters. The number of hydrogen-bond donors (Lipinski definition) is 1. The van der Waals surface area contributed by atoms with Crippen molar-refractivity contribution in [2.45, 2.75) is 18.8 Å². The number of aryl methyl sites for hydroxylation is 1. The maximum absolute atomic E-state index is 14.3. The van der Waals surface area contributed by atoms with E-state index in [2.05, 4.69) is 16.5 Å². The Morgan fingerprint density at radius 1 is 1.48 bits per heavy atom. The van der Waals surface area contributed by atoms with Gasteiger partial charge in [-0.3, -0.25) is 9.78 Å². The second-order valence-electron chi connectivity index (χ2n) is 5.28. The van der Waals surface area contributed by atoms with Crippen molar-refractivity contribution < 1.29 is 19.0 Å². The number of carbonyl (C=O) groups is 1. The molecule has 1 N–H and O–H groups in total. The van der Waals surface area contributed by atoms with Crippen LogP contribution < -0.4 is 4.74 Å². The standard InChI is InChI=1S/C17H15FN2O3/c1-2-7-23-14-8-10-3-5-12(13-6-4-11(21)9-19-13)16(22)15(10)17(18)20-14/h2,4,6,8-9,12,21H,1,3,5,7H2. The molecule has 0 aliphatic heterocycles. The Hall–Kier alpha value is -2.76. The largest absolute Gasteiger partial charge is 0.506 e. The molecule has 0 spiro atoms. The summed E-state index contributed by atoms with van der Waals surface area (Å²) in [7, 11) is 0. The maximum Gasteiger partial charge on any atom is 0.227 e. The fourth-order valence-corrected chi connectivity index (χ4v) is 2.70. The molecule has 2 heterocycles. The third kappa shape index (κ3) is 2.92. The van der Waals surface area contributed by atoms with Crippen LogP contribution in [0.5, 0.6) is 11.6 Å². The third-order valence-electron chi connectivity index (χ3n) is 3.78. The summed E-state index contributed by atoms with van der Waals surface area (Å²) in [5.41, 5.74) is 1.11. The van der Waals surface area contributed by atoms with Gasteiger partial charge >= 0.3 is 0 Å². The molecule has 0 amide bonds. The van der Waals surface area contributed by atoms with Crippen LogP contribution in [0.1, 0.15) is 34.0 Å². The number of nitrogens with zero attached hydrogens (tertiary/aromatic N) is 2. The lowest BCUT2D eigenvalue weighted by Gasteiger charge is -2.23. The summed E-state index contributed by atoms with van der Waals surface area (Å²) in [6.45, 7) is 3.74. The molecule has 0 aromatic carbocycles. The quantitative estimate of drug-likeness (QED) is 0.694. The van der Waals surface area contributed by atoms with Gasteiger partial charge in [0, 0.05) is 6.07 Å². The Kier molecular flexibility index (Phi) is 4.06. The van der Waals surface area contributed by atoms with Crippen LogP contribution in [0.3, 0.4) is 0 Å². The topological polar surface area (TPSA) is 72.3 Å². The molecule has 1 aliphatic rings. The molecule has 118 valence electrons. The number of pyridine rings is 2. The Morgan fingerprint density at radius 2 is 2.30 bits per heavy atom. The number of hydrogen-bond acceptors (Lipinski definition) is 5. The molecule has 2 aromatic rings. The molecule has 2 aromatic heterocycles.